The molecule has 2 aliphatic rings. The van der Waals surface area contributed by atoms with Crippen LogP contribution >= 0.6 is 20.7 Å². The van der Waals surface area contributed by atoms with Gasteiger partial charge in [0.05, 0.1) is 10.7 Å². The average Bonchev–Trinajstić information content (AvgIpc) is 2.87. The highest BCUT2D eigenvalue weighted by Gasteiger charge is 2.12. The molecule has 2 heterocycles. The number of aromatic amines is 1. The Morgan fingerprint density at radius 3 is 2.95 bits per heavy atom. The molecule has 104 valence electrons. The first-order valence-corrected chi connectivity index (χ1v) is 10.1. The van der Waals surface area contributed by atoms with Gasteiger partial charge in [-0.25, -0.2) is 4.98 Å². The number of imidazole rings is 1. The van der Waals surface area contributed by atoms with Crippen LogP contribution in [-0.4, -0.2) is 14.0 Å². The van der Waals surface area contributed by atoms with E-state index in [0.29, 0.717) is 0 Å². The van der Waals surface area contributed by atoms with Crippen LogP contribution in [0.25, 0.3) is 10.2 Å². The average molecular weight is 370 g/mol. The molecule has 1 aliphatic heterocycles. The lowest BCUT2D eigenvalue weighted by molar-refractivity contribution is 0.329. The number of unbranched alkanes of at least 4 members (excludes halogenated alkanes) is 1. The molecule has 3 heteroatoms. The maximum absolute atomic E-state index is 4.70. The monoisotopic (exact) mass is 370 g/mol. The van der Waals surface area contributed by atoms with E-state index in [0.717, 1.165) is 12.3 Å². The number of fused-ring (bicyclic) bond motifs is 1. The zero-order valence-corrected chi connectivity index (χ0v) is 13.7. The molecular formula is C16H23IN2. The number of aromatic nitrogens is 2. The molecule has 19 heavy (non-hydrogen) atoms. The molecule has 3 rings (SSSR count). The summed E-state index contributed by atoms with van der Waals surface area (Å²) in [6.07, 6.45) is 14.8. The minimum absolute atomic E-state index is 0.125. The van der Waals surface area contributed by atoms with Gasteiger partial charge in [0.2, 0.25) is 0 Å². The van der Waals surface area contributed by atoms with Gasteiger partial charge < -0.3 is 4.98 Å². The van der Waals surface area contributed by atoms with Crippen molar-refractivity contribution < 1.29 is 0 Å². The van der Waals surface area contributed by atoms with Crippen molar-refractivity contribution in [3.8, 4) is 0 Å². The number of H-pyrrole nitrogens is 1. The summed E-state index contributed by atoms with van der Waals surface area (Å²) < 4.78 is 4.61. The van der Waals surface area contributed by atoms with Crippen molar-refractivity contribution in [2.75, 3.05) is 0 Å². The predicted octanol–water partition coefficient (Wildman–Crippen LogP) is 3.01. The molecule has 0 saturated heterocycles. The van der Waals surface area contributed by atoms with E-state index in [1.807, 2.05) is 0 Å². The van der Waals surface area contributed by atoms with Gasteiger partial charge in [0, 0.05) is 6.42 Å². The van der Waals surface area contributed by atoms with Crippen LogP contribution in [0.3, 0.4) is 0 Å². The third-order valence-electron chi connectivity index (χ3n) is 4.28. The van der Waals surface area contributed by atoms with E-state index in [1.54, 1.807) is 0 Å². The fourth-order valence-electron chi connectivity index (χ4n) is 3.18. The lowest BCUT2D eigenvalue weighted by atomic mass is 9.85. The second-order valence-corrected chi connectivity index (χ2v) is 7.82. The van der Waals surface area contributed by atoms with Crippen LogP contribution in [0.2, 0.25) is 0 Å². The lowest BCUT2D eigenvalue weighted by Gasteiger charge is -2.21. The quantitative estimate of drug-likeness (QED) is 0.627. The van der Waals surface area contributed by atoms with Crippen LogP contribution in [0.5, 0.6) is 0 Å². The molecule has 0 bridgehead atoms. The van der Waals surface area contributed by atoms with Gasteiger partial charge in [0.15, 0.2) is 0 Å². The van der Waals surface area contributed by atoms with Gasteiger partial charge in [-0.05, 0) is 26.5 Å². The van der Waals surface area contributed by atoms with E-state index < -0.39 is 0 Å². The molecule has 0 spiro atoms. The largest absolute Gasteiger partial charge is 0.342 e. The Kier molecular flexibility index (Phi) is 4.86. The fraction of sp³-hybridized carbons (Fsp3) is 0.625. The Balaban J connectivity index is 1.44. The molecule has 1 aromatic rings. The molecule has 0 amide bonds. The first-order valence-electron chi connectivity index (χ1n) is 7.62. The lowest BCUT2D eigenvalue weighted by Crippen LogP contribution is -2.24. The molecule has 0 unspecified atom stereocenters. The summed E-state index contributed by atoms with van der Waals surface area (Å²) in [5.74, 6) is 2.22. The summed E-state index contributed by atoms with van der Waals surface area (Å²) in [4.78, 5) is 8.16. The molecule has 1 aromatic heterocycles. The highest BCUT2D eigenvalue weighted by molar-refractivity contribution is 14.2. The zero-order valence-electron chi connectivity index (χ0n) is 11.5. The van der Waals surface area contributed by atoms with E-state index in [1.165, 1.54) is 67.9 Å². The summed E-state index contributed by atoms with van der Waals surface area (Å²) in [5.41, 5.74) is 0. The number of nitrogens with one attached hydrogen (secondary N) is 1. The highest BCUT2D eigenvalue weighted by atomic mass is 127. The van der Waals surface area contributed by atoms with Crippen molar-refractivity contribution >= 4 is 34.9 Å². The number of halogens is 1. The van der Waals surface area contributed by atoms with Crippen molar-refractivity contribution in [1.82, 2.24) is 9.97 Å². The maximum atomic E-state index is 4.70. The fourth-order valence-corrected chi connectivity index (χ4v) is 4.77. The minimum Gasteiger partial charge on any atom is -0.342 e. The van der Waals surface area contributed by atoms with Crippen molar-refractivity contribution in [2.24, 2.45) is 5.92 Å². The van der Waals surface area contributed by atoms with Crippen LogP contribution in [0.1, 0.15) is 57.2 Å². The summed E-state index contributed by atoms with van der Waals surface area (Å²) >= 11 is 0.125. The zero-order chi connectivity index (χ0) is 12.9. The van der Waals surface area contributed by atoms with Gasteiger partial charge in [-0.15, -0.1) is 0 Å². The number of rotatable bonds is 5. The minimum atomic E-state index is 0.125. The molecule has 0 atom stereocenters. The van der Waals surface area contributed by atoms with Crippen LogP contribution in [-0.2, 0) is 6.42 Å². The summed E-state index contributed by atoms with van der Waals surface area (Å²) in [5, 5.41) is 2.44. The Hall–Kier alpha value is -0.450. The summed E-state index contributed by atoms with van der Waals surface area (Å²) in [7, 11) is 0. The topological polar surface area (TPSA) is 28.7 Å². The van der Waals surface area contributed by atoms with E-state index in [4.69, 9.17) is 4.98 Å². The molecule has 2 nitrogen and oxygen atoms in total. The van der Waals surface area contributed by atoms with Gasteiger partial charge in [-0.3, -0.25) is 0 Å². The van der Waals surface area contributed by atoms with E-state index in [9.17, 15) is 0 Å². The van der Waals surface area contributed by atoms with E-state index in [-0.39, 0.29) is 20.7 Å². The molecular weight excluding hydrogens is 347 g/mol. The number of hydrogen-bond acceptors (Lipinski definition) is 1. The van der Waals surface area contributed by atoms with Crippen molar-refractivity contribution in [3.63, 3.8) is 0 Å². The SMILES string of the molecule is C1=IC=c2nc(CCCCC3CCCCC3)[nH]c2=C1. The smallest absolute Gasteiger partial charge is 0.107 e. The maximum Gasteiger partial charge on any atom is 0.107 e. The first-order chi connectivity index (χ1) is 9.42. The van der Waals surface area contributed by atoms with Gasteiger partial charge in [-0.1, -0.05) is 65.7 Å². The standard InChI is InChI=1S/C16H23IN2/c1-2-6-13(7-3-1)8-4-5-9-16-18-14-10-11-17-12-15(14)19-16/h10-13H,1-9H2,(H,18,19). The number of nitrogens with zero attached hydrogens (tertiary/aromatic N) is 1. The predicted molar refractivity (Wildman–Crippen MR) is 91.0 cm³/mol. The van der Waals surface area contributed by atoms with Crippen molar-refractivity contribution in [1.29, 1.82) is 0 Å². The molecule has 0 aromatic carbocycles. The Labute approximate surface area is 125 Å². The van der Waals surface area contributed by atoms with Gasteiger partial charge in [0.25, 0.3) is 0 Å². The van der Waals surface area contributed by atoms with Crippen molar-refractivity contribution in [3.05, 3.63) is 16.5 Å². The van der Waals surface area contributed by atoms with E-state index in [2.05, 4.69) is 19.2 Å². The molecule has 1 saturated carbocycles. The van der Waals surface area contributed by atoms with Crippen molar-refractivity contribution in [2.45, 2.75) is 57.8 Å². The van der Waals surface area contributed by atoms with Crippen LogP contribution in [0, 0.1) is 5.92 Å². The third kappa shape index (κ3) is 3.77. The Bertz CT molecular complexity index is 514. The van der Waals surface area contributed by atoms with Gasteiger partial charge in [-0.2, -0.15) is 0 Å². The molecule has 0 radical (unpaired) electrons. The van der Waals surface area contributed by atoms with Crippen LogP contribution in [0.15, 0.2) is 0 Å². The second-order valence-electron chi connectivity index (χ2n) is 5.76. The van der Waals surface area contributed by atoms with Gasteiger partial charge >= 0.3 is 0 Å². The Morgan fingerprint density at radius 1 is 1.21 bits per heavy atom. The summed E-state index contributed by atoms with van der Waals surface area (Å²) in [6, 6.07) is 0. The molecule has 1 fully saturated rings. The summed E-state index contributed by atoms with van der Waals surface area (Å²) in [6.45, 7) is 0. The normalized spacial score (nSPS) is 19.2. The highest BCUT2D eigenvalue weighted by Crippen LogP contribution is 2.27. The van der Waals surface area contributed by atoms with E-state index >= 15 is 0 Å². The van der Waals surface area contributed by atoms with Gasteiger partial charge in [0.1, 0.15) is 5.82 Å². The third-order valence-corrected chi connectivity index (χ3v) is 6.00. The molecule has 1 aliphatic carbocycles. The Morgan fingerprint density at radius 2 is 2.11 bits per heavy atom. The van der Waals surface area contributed by atoms with Crippen LogP contribution in [0.4, 0.5) is 0 Å². The molecule has 1 N–H and O–H groups in total. The number of aryl methyl sites for hydroxylation is 1. The van der Waals surface area contributed by atoms with Crippen LogP contribution < -0.4 is 10.7 Å². The number of hydrogen-bond donors (Lipinski definition) is 1. The first kappa shape index (κ1) is 13.5. The second kappa shape index (κ2) is 6.82.